The van der Waals surface area contributed by atoms with Gasteiger partial charge in [0.2, 0.25) is 0 Å². The first kappa shape index (κ1) is 23.6. The van der Waals surface area contributed by atoms with Gasteiger partial charge in [-0.2, -0.15) is 0 Å². The third-order valence-corrected chi connectivity index (χ3v) is 5.66. The quantitative estimate of drug-likeness (QED) is 0.411. The Balaban J connectivity index is 1.53. The number of nitrogens with one attached hydrogen (secondary N) is 2. The van der Waals surface area contributed by atoms with Gasteiger partial charge in [0, 0.05) is 27.0 Å². The molecule has 0 atom stereocenters. The number of anilines is 3. The van der Waals surface area contributed by atoms with Crippen molar-refractivity contribution in [3.8, 4) is 5.75 Å². The fourth-order valence-electron chi connectivity index (χ4n) is 3.29. The fourth-order valence-corrected chi connectivity index (χ4v) is 4.03. The Bertz CT molecular complexity index is 1320. The molecule has 0 saturated heterocycles. The number of rotatable bonds is 6. The zero-order valence-corrected chi connectivity index (χ0v) is 19.8. The predicted octanol–water partition coefficient (Wildman–Crippen LogP) is 5.69. The van der Waals surface area contributed by atoms with Crippen LogP contribution in [0.3, 0.4) is 0 Å². The van der Waals surface area contributed by atoms with Crippen molar-refractivity contribution in [2.24, 2.45) is 0 Å². The summed E-state index contributed by atoms with van der Waals surface area (Å²) in [7, 11) is 1.51. The highest BCUT2D eigenvalue weighted by Gasteiger charge is 2.39. The lowest BCUT2D eigenvalue weighted by Crippen LogP contribution is -2.32. The molecule has 1 aliphatic heterocycles. The van der Waals surface area contributed by atoms with Gasteiger partial charge in [-0.15, -0.1) is 0 Å². The van der Waals surface area contributed by atoms with E-state index in [4.69, 9.17) is 39.5 Å². The first-order valence-electron chi connectivity index (χ1n) is 9.84. The minimum Gasteiger partial charge on any atom is -0.497 e. The summed E-state index contributed by atoms with van der Waals surface area (Å²) < 4.78 is 5.10. The van der Waals surface area contributed by atoms with Crippen LogP contribution >= 0.6 is 34.8 Å². The first-order valence-corrected chi connectivity index (χ1v) is 11.0. The molecule has 0 fully saturated rings. The number of benzene rings is 3. The van der Waals surface area contributed by atoms with Crippen LogP contribution in [0.1, 0.15) is 10.4 Å². The molecule has 0 unspecified atom stereocenters. The number of amides is 3. The molecule has 3 amide bonds. The van der Waals surface area contributed by atoms with Gasteiger partial charge < -0.3 is 15.4 Å². The van der Waals surface area contributed by atoms with Crippen LogP contribution in [0.15, 0.2) is 77.5 Å². The number of hydrogen-bond acceptors (Lipinski definition) is 5. The predicted molar refractivity (Wildman–Crippen MR) is 133 cm³/mol. The van der Waals surface area contributed by atoms with Gasteiger partial charge in [-0.1, -0.05) is 40.9 Å². The zero-order chi connectivity index (χ0) is 24.4. The van der Waals surface area contributed by atoms with Gasteiger partial charge in [0.05, 0.1) is 12.8 Å². The van der Waals surface area contributed by atoms with E-state index in [1.807, 2.05) is 0 Å². The highest BCUT2D eigenvalue weighted by molar-refractivity contribution is 6.53. The normalized spacial score (nSPS) is 13.4. The molecule has 3 aromatic rings. The molecule has 4 rings (SSSR count). The van der Waals surface area contributed by atoms with Crippen molar-refractivity contribution in [3.05, 3.63) is 93.1 Å². The van der Waals surface area contributed by atoms with Gasteiger partial charge in [0.1, 0.15) is 16.5 Å². The summed E-state index contributed by atoms with van der Waals surface area (Å²) >= 11 is 18.1. The lowest BCUT2D eigenvalue weighted by Gasteiger charge is -2.15. The van der Waals surface area contributed by atoms with Gasteiger partial charge in [-0.3, -0.25) is 14.4 Å². The highest BCUT2D eigenvalue weighted by atomic mass is 35.5. The Kier molecular flexibility index (Phi) is 6.79. The number of methoxy groups -OCH3 is 1. The maximum atomic E-state index is 13.0. The second-order valence-electron chi connectivity index (χ2n) is 7.15. The van der Waals surface area contributed by atoms with Crippen molar-refractivity contribution >= 4 is 69.6 Å². The van der Waals surface area contributed by atoms with E-state index in [9.17, 15) is 14.4 Å². The van der Waals surface area contributed by atoms with E-state index < -0.39 is 17.7 Å². The van der Waals surface area contributed by atoms with E-state index >= 15 is 0 Å². The van der Waals surface area contributed by atoms with Gasteiger partial charge in [0.15, 0.2) is 0 Å². The lowest BCUT2D eigenvalue weighted by molar-refractivity contribution is -0.120. The smallest absolute Gasteiger partial charge is 0.283 e. The maximum absolute atomic E-state index is 13.0. The monoisotopic (exact) mass is 515 g/mol. The van der Waals surface area contributed by atoms with E-state index in [0.29, 0.717) is 38.4 Å². The standard InChI is InChI=1S/C24H16Cl3N3O4/c1-34-19-7-5-18(6-8-19)30-23(32)20(27)21(24(30)33)28-16-4-2-3-13(9-16)22(31)29-17-11-14(25)10-15(26)12-17/h2-12,28H,1H3,(H,29,31). The molecular formula is C24H16Cl3N3O4. The molecular weight excluding hydrogens is 501 g/mol. The molecule has 172 valence electrons. The summed E-state index contributed by atoms with van der Waals surface area (Å²) in [5.41, 5.74) is 1.36. The van der Waals surface area contributed by atoms with Crippen LogP contribution in [0.5, 0.6) is 5.75 Å². The van der Waals surface area contributed by atoms with Gasteiger partial charge in [-0.25, -0.2) is 4.90 Å². The van der Waals surface area contributed by atoms with Crippen molar-refractivity contribution < 1.29 is 19.1 Å². The average Bonchev–Trinajstić information content (AvgIpc) is 3.02. The lowest BCUT2D eigenvalue weighted by atomic mass is 10.1. The summed E-state index contributed by atoms with van der Waals surface area (Å²) in [5, 5.41) is 6.07. The van der Waals surface area contributed by atoms with Crippen LogP contribution in [0.25, 0.3) is 0 Å². The summed E-state index contributed by atoms with van der Waals surface area (Å²) in [5.74, 6) is -1.12. The summed E-state index contributed by atoms with van der Waals surface area (Å²) in [6, 6.07) is 17.5. The molecule has 1 aliphatic rings. The minimum absolute atomic E-state index is 0.0957. The van der Waals surface area contributed by atoms with Crippen molar-refractivity contribution in [2.75, 3.05) is 22.6 Å². The number of hydrogen-bond donors (Lipinski definition) is 2. The van der Waals surface area contributed by atoms with Crippen LogP contribution in [0.2, 0.25) is 10.0 Å². The van der Waals surface area contributed by atoms with Crippen LogP contribution in [-0.4, -0.2) is 24.8 Å². The zero-order valence-electron chi connectivity index (χ0n) is 17.6. The number of halogens is 3. The molecule has 0 saturated carbocycles. The largest absolute Gasteiger partial charge is 0.497 e. The van der Waals surface area contributed by atoms with Crippen molar-refractivity contribution in [3.63, 3.8) is 0 Å². The Hall–Kier alpha value is -3.52. The van der Waals surface area contributed by atoms with Crippen LogP contribution in [0, 0.1) is 0 Å². The molecule has 0 spiro atoms. The van der Waals surface area contributed by atoms with Crippen LogP contribution in [0.4, 0.5) is 17.1 Å². The van der Waals surface area contributed by atoms with Gasteiger partial charge in [0.25, 0.3) is 17.7 Å². The molecule has 7 nitrogen and oxygen atoms in total. The second-order valence-corrected chi connectivity index (χ2v) is 8.40. The first-order chi connectivity index (χ1) is 16.3. The molecule has 0 aliphatic carbocycles. The second kappa shape index (κ2) is 9.77. The molecule has 0 radical (unpaired) electrons. The van der Waals surface area contributed by atoms with Crippen LogP contribution < -0.4 is 20.3 Å². The molecule has 3 aromatic carbocycles. The molecule has 10 heteroatoms. The van der Waals surface area contributed by atoms with Crippen molar-refractivity contribution in [1.29, 1.82) is 0 Å². The fraction of sp³-hybridized carbons (Fsp3) is 0.0417. The Morgan fingerprint density at radius 2 is 1.53 bits per heavy atom. The maximum Gasteiger partial charge on any atom is 0.283 e. The van der Waals surface area contributed by atoms with Crippen molar-refractivity contribution in [2.45, 2.75) is 0 Å². The van der Waals surface area contributed by atoms with E-state index in [1.165, 1.54) is 13.2 Å². The van der Waals surface area contributed by atoms with E-state index in [-0.39, 0.29) is 10.7 Å². The molecule has 1 heterocycles. The number of nitrogens with zero attached hydrogens (tertiary/aromatic N) is 1. The van der Waals surface area contributed by atoms with E-state index in [1.54, 1.807) is 60.7 Å². The minimum atomic E-state index is -0.661. The molecule has 2 N–H and O–H groups in total. The van der Waals surface area contributed by atoms with E-state index in [0.717, 1.165) is 4.90 Å². The number of imide groups is 1. The van der Waals surface area contributed by atoms with Crippen molar-refractivity contribution in [1.82, 2.24) is 0 Å². The third kappa shape index (κ3) is 4.87. The topological polar surface area (TPSA) is 87.7 Å². The van der Waals surface area contributed by atoms with Gasteiger partial charge >= 0.3 is 0 Å². The molecule has 0 bridgehead atoms. The highest BCUT2D eigenvalue weighted by Crippen LogP contribution is 2.31. The summed E-state index contributed by atoms with van der Waals surface area (Å²) in [4.78, 5) is 39.3. The number of carbonyl (C=O) groups is 3. The average molecular weight is 517 g/mol. The Morgan fingerprint density at radius 1 is 0.853 bits per heavy atom. The third-order valence-electron chi connectivity index (χ3n) is 4.87. The number of ether oxygens (including phenoxy) is 1. The van der Waals surface area contributed by atoms with Gasteiger partial charge in [-0.05, 0) is 60.7 Å². The van der Waals surface area contributed by atoms with Crippen LogP contribution in [-0.2, 0) is 9.59 Å². The number of carbonyl (C=O) groups excluding carboxylic acids is 3. The molecule has 34 heavy (non-hydrogen) atoms. The summed E-state index contributed by atoms with van der Waals surface area (Å²) in [6.45, 7) is 0. The SMILES string of the molecule is COc1ccc(N2C(=O)C(Cl)=C(Nc3cccc(C(=O)Nc4cc(Cl)cc(Cl)c4)c3)C2=O)cc1. The summed E-state index contributed by atoms with van der Waals surface area (Å²) in [6.07, 6.45) is 0. The Morgan fingerprint density at radius 3 is 2.18 bits per heavy atom. The Labute approximate surface area is 209 Å². The molecule has 0 aromatic heterocycles. The van der Waals surface area contributed by atoms with E-state index in [2.05, 4.69) is 10.6 Å².